The zero-order valence-electron chi connectivity index (χ0n) is 24.8. The van der Waals surface area contributed by atoms with Crippen LogP contribution in [0.4, 0.5) is 11.4 Å². The normalized spacial score (nSPS) is 13.6. The summed E-state index contributed by atoms with van der Waals surface area (Å²) in [6.07, 6.45) is 1.84. The molecule has 1 atom stereocenters. The smallest absolute Gasteiger partial charge is 0.231 e. The number of carbonyl (C=O) groups is 2. The number of aliphatic hydroxyl groups is 1. The number of ether oxygens (including phenoxy) is 2. The molecule has 0 radical (unpaired) electrons. The second-order valence-electron chi connectivity index (χ2n) is 10.5. The van der Waals surface area contributed by atoms with E-state index in [4.69, 9.17) is 21.1 Å². The molecular formula is C34H34ClN3O5. The Labute approximate surface area is 257 Å². The molecule has 0 aliphatic carbocycles. The number of halogens is 1. The quantitative estimate of drug-likeness (QED) is 0.265. The zero-order chi connectivity index (χ0) is 31.1. The third-order valence-corrected chi connectivity index (χ3v) is 7.00. The molecule has 8 nitrogen and oxygen atoms in total. The SMILES string of the molecule is COc1cc2c(cc1OC(C)C)CN(c1ccc(C(C)(O)c3ccc(NC(C)=O)cc3)nc1)C(=O)C2.Clc1cc#ccc1. The van der Waals surface area contributed by atoms with Crippen molar-refractivity contribution in [2.45, 2.75) is 52.4 Å². The fourth-order valence-corrected chi connectivity index (χ4v) is 4.72. The van der Waals surface area contributed by atoms with Gasteiger partial charge in [-0.2, -0.15) is 0 Å². The number of rotatable bonds is 7. The Morgan fingerprint density at radius 2 is 1.81 bits per heavy atom. The maximum absolute atomic E-state index is 13.0. The van der Waals surface area contributed by atoms with Gasteiger partial charge in [0.2, 0.25) is 11.8 Å². The van der Waals surface area contributed by atoms with Crippen LogP contribution in [0.3, 0.4) is 0 Å². The van der Waals surface area contributed by atoms with Crippen molar-refractivity contribution in [3.05, 3.63) is 112 Å². The minimum absolute atomic E-state index is 0.00980. The molecule has 0 saturated carbocycles. The third-order valence-electron chi connectivity index (χ3n) is 6.76. The van der Waals surface area contributed by atoms with Gasteiger partial charge in [-0.05, 0) is 86.0 Å². The van der Waals surface area contributed by atoms with Gasteiger partial charge in [0, 0.05) is 23.7 Å². The number of fused-ring (bicyclic) bond motifs is 1. The van der Waals surface area contributed by atoms with E-state index >= 15 is 0 Å². The van der Waals surface area contributed by atoms with E-state index in [-0.39, 0.29) is 24.3 Å². The van der Waals surface area contributed by atoms with E-state index in [2.05, 4.69) is 22.4 Å². The minimum Gasteiger partial charge on any atom is -0.493 e. The highest BCUT2D eigenvalue weighted by Crippen LogP contribution is 2.36. The van der Waals surface area contributed by atoms with Gasteiger partial charge in [-0.25, -0.2) is 0 Å². The molecule has 3 aromatic carbocycles. The molecule has 0 saturated heterocycles. The van der Waals surface area contributed by atoms with Crippen LogP contribution >= 0.6 is 11.6 Å². The zero-order valence-corrected chi connectivity index (χ0v) is 25.5. The van der Waals surface area contributed by atoms with Crippen molar-refractivity contribution in [3.63, 3.8) is 0 Å². The van der Waals surface area contributed by atoms with Gasteiger partial charge in [0.25, 0.3) is 0 Å². The number of amides is 2. The summed E-state index contributed by atoms with van der Waals surface area (Å²) in [6.45, 7) is 7.39. The van der Waals surface area contributed by atoms with Gasteiger partial charge >= 0.3 is 0 Å². The van der Waals surface area contributed by atoms with Gasteiger partial charge in [0.15, 0.2) is 11.5 Å². The minimum atomic E-state index is -1.36. The van der Waals surface area contributed by atoms with Crippen LogP contribution in [0.25, 0.3) is 0 Å². The summed E-state index contributed by atoms with van der Waals surface area (Å²) in [5, 5.41) is 14.6. The van der Waals surface area contributed by atoms with E-state index in [0.29, 0.717) is 45.7 Å². The monoisotopic (exact) mass is 599 g/mol. The van der Waals surface area contributed by atoms with E-state index < -0.39 is 5.60 Å². The van der Waals surface area contributed by atoms with Crippen molar-refractivity contribution < 1.29 is 24.2 Å². The number of methoxy groups -OCH3 is 1. The van der Waals surface area contributed by atoms with E-state index in [1.165, 1.54) is 6.92 Å². The fourth-order valence-electron chi connectivity index (χ4n) is 4.60. The van der Waals surface area contributed by atoms with Crippen LogP contribution in [0.2, 0.25) is 5.02 Å². The van der Waals surface area contributed by atoms with E-state index in [1.54, 1.807) is 79.7 Å². The maximum atomic E-state index is 13.0. The molecular weight excluding hydrogens is 566 g/mol. The Morgan fingerprint density at radius 1 is 1.09 bits per heavy atom. The van der Waals surface area contributed by atoms with E-state index in [0.717, 1.165) is 11.1 Å². The summed E-state index contributed by atoms with van der Waals surface area (Å²) in [5.74, 6) is 1.05. The van der Waals surface area contributed by atoms with Crippen LogP contribution in [-0.4, -0.2) is 35.1 Å². The van der Waals surface area contributed by atoms with Gasteiger partial charge in [-0.1, -0.05) is 35.9 Å². The van der Waals surface area contributed by atoms with E-state index in [1.807, 2.05) is 26.0 Å². The summed E-state index contributed by atoms with van der Waals surface area (Å²) in [4.78, 5) is 30.4. The summed E-state index contributed by atoms with van der Waals surface area (Å²) >= 11 is 5.49. The van der Waals surface area contributed by atoms with Crippen LogP contribution in [-0.2, 0) is 28.2 Å². The number of hydrogen-bond acceptors (Lipinski definition) is 6. The summed E-state index contributed by atoms with van der Waals surface area (Å²) < 4.78 is 11.4. The lowest BCUT2D eigenvalue weighted by molar-refractivity contribution is -0.118. The first-order valence-electron chi connectivity index (χ1n) is 13.7. The Kier molecular flexibility index (Phi) is 9.92. The molecule has 2 heterocycles. The second-order valence-corrected chi connectivity index (χ2v) is 10.9. The fraction of sp³-hybridized carbons (Fsp3) is 0.265. The van der Waals surface area contributed by atoms with Crippen LogP contribution < -0.4 is 19.7 Å². The van der Waals surface area contributed by atoms with Gasteiger partial charge in [-0.15, -0.1) is 0 Å². The first kappa shape index (κ1) is 31.4. The molecule has 2 N–H and O–H groups in total. The Morgan fingerprint density at radius 3 is 2.35 bits per heavy atom. The Hall–Kier alpha value is -4.58. The van der Waals surface area contributed by atoms with Gasteiger partial charge in [-0.3, -0.25) is 14.6 Å². The molecule has 1 unspecified atom stereocenters. The topological polar surface area (TPSA) is 101 Å². The Bertz CT molecular complexity index is 1560. The van der Waals surface area contributed by atoms with Crippen molar-refractivity contribution in [2.75, 3.05) is 17.3 Å². The average molecular weight is 600 g/mol. The third kappa shape index (κ3) is 7.83. The molecule has 1 aliphatic heterocycles. The van der Waals surface area contributed by atoms with Crippen molar-refractivity contribution in [1.29, 1.82) is 0 Å². The maximum Gasteiger partial charge on any atom is 0.231 e. The first-order valence-corrected chi connectivity index (χ1v) is 14.1. The van der Waals surface area contributed by atoms with Gasteiger partial charge in [0.1, 0.15) is 5.60 Å². The number of pyridine rings is 1. The number of nitrogens with zero attached hydrogens (tertiary/aromatic N) is 2. The van der Waals surface area contributed by atoms with Crippen molar-refractivity contribution in [2.24, 2.45) is 0 Å². The molecule has 9 heteroatoms. The molecule has 2 amide bonds. The molecule has 43 heavy (non-hydrogen) atoms. The number of hydrogen-bond donors (Lipinski definition) is 2. The predicted octanol–water partition coefficient (Wildman–Crippen LogP) is 6.12. The number of benzene rings is 2. The summed E-state index contributed by atoms with van der Waals surface area (Å²) in [6, 6.07) is 24.9. The largest absolute Gasteiger partial charge is 0.493 e. The van der Waals surface area contributed by atoms with Crippen LogP contribution in [0.1, 0.15) is 50.1 Å². The lowest BCUT2D eigenvalue weighted by Crippen LogP contribution is -2.36. The summed E-state index contributed by atoms with van der Waals surface area (Å²) in [7, 11) is 1.59. The van der Waals surface area contributed by atoms with Gasteiger partial charge < -0.3 is 24.8 Å². The van der Waals surface area contributed by atoms with Crippen molar-refractivity contribution in [3.8, 4) is 11.5 Å². The molecule has 222 valence electrons. The molecule has 1 aromatic heterocycles. The number of carbonyl (C=O) groups excluding carboxylic acids is 2. The predicted molar refractivity (Wildman–Crippen MR) is 166 cm³/mol. The average Bonchev–Trinajstić information content (AvgIpc) is 2.97. The lowest BCUT2D eigenvalue weighted by atomic mass is 9.91. The van der Waals surface area contributed by atoms with Crippen LogP contribution in [0.15, 0.2) is 72.9 Å². The second kappa shape index (κ2) is 13.6. The standard InChI is InChI=1S/C28H31N3O5.C6H3Cl/c1-17(2)36-25-13-20-16-31(27(33)14-19(20)12-24(25)35-5)23-10-11-26(29-15-23)28(4,34)21-6-8-22(9-7-21)30-18(3)32;7-6-4-2-1-3-5-6/h6-13,15,17,34H,14,16H2,1-5H3,(H,30,32);2,4-5H. The highest BCUT2D eigenvalue weighted by atomic mass is 35.5. The first-order chi connectivity index (χ1) is 20.5. The lowest BCUT2D eigenvalue weighted by Gasteiger charge is -2.30. The van der Waals surface area contributed by atoms with Gasteiger partial charge in [0.05, 0.1) is 43.8 Å². The van der Waals surface area contributed by atoms with Crippen molar-refractivity contribution in [1.82, 2.24) is 4.98 Å². The highest BCUT2D eigenvalue weighted by molar-refractivity contribution is 6.30. The molecule has 0 fully saturated rings. The number of aromatic nitrogens is 1. The van der Waals surface area contributed by atoms with Crippen molar-refractivity contribution >= 4 is 34.8 Å². The summed E-state index contributed by atoms with van der Waals surface area (Å²) in [5.41, 5.74) is 2.92. The number of nitrogens with one attached hydrogen (secondary N) is 1. The molecule has 0 bridgehead atoms. The molecule has 0 spiro atoms. The molecule has 5 rings (SSSR count). The molecule has 1 aliphatic rings. The van der Waals surface area contributed by atoms with E-state index in [9.17, 15) is 14.7 Å². The highest BCUT2D eigenvalue weighted by Gasteiger charge is 2.30. The Balaban J connectivity index is 0.000000530. The van der Waals surface area contributed by atoms with Crippen LogP contribution in [0.5, 0.6) is 11.5 Å². The van der Waals surface area contributed by atoms with Crippen LogP contribution in [0, 0.1) is 12.1 Å². The molecule has 4 aromatic rings. The number of anilines is 2.